The molecule has 0 bridgehead atoms. The molecule has 2 saturated heterocycles. The minimum absolute atomic E-state index is 0.0730. The number of benzene rings is 1. The Morgan fingerprint density at radius 1 is 1.12 bits per heavy atom. The smallest absolute Gasteiger partial charge is 0.169 e. The molecule has 0 spiro atoms. The van der Waals surface area contributed by atoms with Crippen LogP contribution in [0.25, 0.3) is 0 Å². The number of nitrogens with one attached hydrogen (secondary N) is 1. The van der Waals surface area contributed by atoms with Crippen molar-refractivity contribution in [3.63, 3.8) is 0 Å². The van der Waals surface area contributed by atoms with Crippen LogP contribution in [0.4, 0.5) is 5.82 Å². The molecule has 0 radical (unpaired) electrons. The van der Waals surface area contributed by atoms with E-state index in [0.29, 0.717) is 25.2 Å². The lowest BCUT2D eigenvalue weighted by molar-refractivity contribution is 0.00511. The Morgan fingerprint density at radius 3 is 2.73 bits per heavy atom. The molecule has 6 heteroatoms. The first-order chi connectivity index (χ1) is 15.8. The van der Waals surface area contributed by atoms with Crippen molar-refractivity contribution in [3.05, 3.63) is 53.2 Å². The molecule has 1 aromatic heterocycles. The van der Waals surface area contributed by atoms with Crippen LogP contribution < -0.4 is 10.1 Å². The number of aromatic nitrogens is 1. The minimum Gasteiger partial charge on any atom is -0.482 e. The monoisotopic (exact) mass is 450 g/mol. The quantitative estimate of drug-likeness (QED) is 0.744. The summed E-state index contributed by atoms with van der Waals surface area (Å²) in [5, 5.41) is 3.53. The predicted octanol–water partition coefficient (Wildman–Crippen LogP) is 4.43. The highest BCUT2D eigenvalue weighted by Gasteiger charge is 2.38. The number of nitrogens with zero attached hydrogens (tertiary/aromatic N) is 3. The number of hydrogen-bond acceptors (Lipinski definition) is 6. The van der Waals surface area contributed by atoms with Gasteiger partial charge in [0.05, 0.1) is 19.3 Å². The van der Waals surface area contributed by atoms with Gasteiger partial charge < -0.3 is 14.8 Å². The molecular weight excluding hydrogens is 412 g/mol. The fourth-order valence-corrected chi connectivity index (χ4v) is 5.59. The molecule has 0 amide bonds. The summed E-state index contributed by atoms with van der Waals surface area (Å²) in [5.74, 6) is 2.27. The van der Waals surface area contributed by atoms with Crippen molar-refractivity contribution in [3.8, 4) is 5.75 Å². The molecule has 4 heterocycles. The maximum Gasteiger partial charge on any atom is 0.169 e. The molecule has 33 heavy (non-hydrogen) atoms. The zero-order valence-corrected chi connectivity index (χ0v) is 20.7. The van der Waals surface area contributed by atoms with Gasteiger partial charge in [-0.15, -0.1) is 0 Å². The fraction of sp³-hybridized carbons (Fsp3) is 0.593. The van der Waals surface area contributed by atoms with E-state index in [-0.39, 0.29) is 17.7 Å². The zero-order chi connectivity index (χ0) is 23.2. The Bertz CT molecular complexity index is 986. The lowest BCUT2D eigenvalue weighted by Crippen LogP contribution is -2.55. The van der Waals surface area contributed by atoms with Gasteiger partial charge in [-0.2, -0.15) is 0 Å². The Kier molecular flexibility index (Phi) is 6.10. The second kappa shape index (κ2) is 8.90. The molecule has 0 aliphatic carbocycles. The van der Waals surface area contributed by atoms with E-state index in [1.165, 1.54) is 16.7 Å². The van der Waals surface area contributed by atoms with Crippen LogP contribution in [0.1, 0.15) is 63.3 Å². The standard InChI is InChI=1S/C27H38N4O2/c1-18(2)20-8-6-7-9-21(20)23-15-30(12-13-31(23)27(3,4)5)14-19-10-11-28-26-25(19)33-24-17-32-16-22(24)29-26/h6-11,18,22-24H,12-17H2,1-5H3,(H,28,29). The molecular formula is C27H38N4O2. The lowest BCUT2D eigenvalue weighted by atomic mass is 9.88. The van der Waals surface area contributed by atoms with E-state index < -0.39 is 0 Å². The van der Waals surface area contributed by atoms with Crippen LogP contribution in [0, 0.1) is 0 Å². The van der Waals surface area contributed by atoms with E-state index in [0.717, 1.165) is 37.7 Å². The van der Waals surface area contributed by atoms with Crippen LogP contribution in [0.15, 0.2) is 36.5 Å². The van der Waals surface area contributed by atoms with Crippen LogP contribution in [-0.4, -0.2) is 65.3 Å². The van der Waals surface area contributed by atoms with Crippen molar-refractivity contribution in [1.82, 2.24) is 14.8 Å². The summed E-state index contributed by atoms with van der Waals surface area (Å²) < 4.78 is 12.0. The summed E-state index contributed by atoms with van der Waals surface area (Å²) >= 11 is 0. The van der Waals surface area contributed by atoms with Crippen molar-refractivity contribution in [2.75, 3.05) is 38.2 Å². The van der Waals surface area contributed by atoms with Gasteiger partial charge in [-0.1, -0.05) is 38.1 Å². The van der Waals surface area contributed by atoms with E-state index in [9.17, 15) is 0 Å². The SMILES string of the molecule is CC(C)c1ccccc1C1CN(Cc2ccnc3c2OC2COCC2N3)CCN1C(C)(C)C. The van der Waals surface area contributed by atoms with E-state index in [2.05, 4.69) is 85.1 Å². The third-order valence-electron chi connectivity index (χ3n) is 7.30. The van der Waals surface area contributed by atoms with Crippen molar-refractivity contribution in [2.45, 2.75) is 70.8 Å². The van der Waals surface area contributed by atoms with Crippen molar-refractivity contribution >= 4 is 5.82 Å². The van der Waals surface area contributed by atoms with Crippen LogP contribution in [0.5, 0.6) is 5.75 Å². The summed E-state index contributed by atoms with van der Waals surface area (Å²) in [6.45, 7) is 16.9. The van der Waals surface area contributed by atoms with Gasteiger partial charge in [0.25, 0.3) is 0 Å². The molecule has 6 nitrogen and oxygen atoms in total. The first kappa shape index (κ1) is 22.6. The largest absolute Gasteiger partial charge is 0.482 e. The second-order valence-corrected chi connectivity index (χ2v) is 11.0. The molecule has 3 atom stereocenters. The highest BCUT2D eigenvalue weighted by atomic mass is 16.6. The Hall–Kier alpha value is -2.15. The van der Waals surface area contributed by atoms with E-state index in [1.54, 1.807) is 0 Å². The van der Waals surface area contributed by atoms with Gasteiger partial charge in [0.15, 0.2) is 11.6 Å². The Labute approximate surface area is 198 Å². The molecule has 1 N–H and O–H groups in total. The molecule has 3 aliphatic rings. The summed E-state index contributed by atoms with van der Waals surface area (Å²) in [7, 11) is 0. The number of hydrogen-bond donors (Lipinski definition) is 1. The molecule has 178 valence electrons. The summed E-state index contributed by atoms with van der Waals surface area (Å²) in [6, 6.07) is 11.7. The van der Waals surface area contributed by atoms with Gasteiger partial charge in [0.2, 0.25) is 0 Å². The first-order valence-corrected chi connectivity index (χ1v) is 12.4. The van der Waals surface area contributed by atoms with E-state index >= 15 is 0 Å². The van der Waals surface area contributed by atoms with E-state index in [1.807, 2.05) is 6.20 Å². The van der Waals surface area contributed by atoms with Crippen LogP contribution in [0.3, 0.4) is 0 Å². The first-order valence-electron chi connectivity index (χ1n) is 12.4. The molecule has 1 aromatic carbocycles. The highest BCUT2D eigenvalue weighted by molar-refractivity contribution is 5.57. The predicted molar refractivity (Wildman–Crippen MR) is 132 cm³/mol. The molecule has 0 saturated carbocycles. The fourth-order valence-electron chi connectivity index (χ4n) is 5.59. The minimum atomic E-state index is 0.0730. The van der Waals surface area contributed by atoms with Gasteiger partial charge >= 0.3 is 0 Å². The normalized spacial score (nSPS) is 25.9. The average molecular weight is 451 g/mol. The maximum atomic E-state index is 6.38. The number of piperazine rings is 1. The molecule has 3 unspecified atom stereocenters. The zero-order valence-electron chi connectivity index (χ0n) is 20.7. The number of ether oxygens (including phenoxy) is 2. The third kappa shape index (κ3) is 4.48. The van der Waals surface area contributed by atoms with Crippen LogP contribution >= 0.6 is 0 Å². The Morgan fingerprint density at radius 2 is 1.94 bits per heavy atom. The van der Waals surface area contributed by atoms with E-state index in [4.69, 9.17) is 9.47 Å². The van der Waals surface area contributed by atoms with Gasteiger partial charge in [-0.25, -0.2) is 4.98 Å². The maximum absolute atomic E-state index is 6.38. The summed E-state index contributed by atoms with van der Waals surface area (Å²) in [5.41, 5.74) is 4.24. The van der Waals surface area contributed by atoms with Gasteiger partial charge in [-0.05, 0) is 43.9 Å². The number of pyridine rings is 1. The van der Waals surface area contributed by atoms with Crippen molar-refractivity contribution in [1.29, 1.82) is 0 Å². The molecule has 2 aromatic rings. The van der Waals surface area contributed by atoms with Gasteiger partial charge in [-0.3, -0.25) is 9.80 Å². The molecule has 3 aliphatic heterocycles. The number of anilines is 1. The van der Waals surface area contributed by atoms with Crippen molar-refractivity contribution in [2.24, 2.45) is 0 Å². The third-order valence-corrected chi connectivity index (χ3v) is 7.30. The average Bonchev–Trinajstić information content (AvgIpc) is 3.24. The Balaban J connectivity index is 1.41. The van der Waals surface area contributed by atoms with Crippen LogP contribution in [-0.2, 0) is 11.3 Å². The highest BCUT2D eigenvalue weighted by Crippen LogP contribution is 2.38. The molecule has 2 fully saturated rings. The topological polar surface area (TPSA) is 49.9 Å². The van der Waals surface area contributed by atoms with Gasteiger partial charge in [0, 0.05) is 49.5 Å². The van der Waals surface area contributed by atoms with Gasteiger partial charge in [0.1, 0.15) is 6.10 Å². The van der Waals surface area contributed by atoms with Crippen molar-refractivity contribution < 1.29 is 9.47 Å². The van der Waals surface area contributed by atoms with Crippen LogP contribution in [0.2, 0.25) is 0 Å². The lowest BCUT2D eigenvalue weighted by Gasteiger charge is -2.49. The summed E-state index contributed by atoms with van der Waals surface area (Å²) in [6.07, 6.45) is 1.97. The number of fused-ring (bicyclic) bond motifs is 2. The number of rotatable bonds is 4. The summed E-state index contributed by atoms with van der Waals surface area (Å²) in [4.78, 5) is 9.82. The second-order valence-electron chi connectivity index (χ2n) is 11.0. The molecule has 5 rings (SSSR count).